The molecule has 6 nitrogen and oxygen atoms in total. The van der Waals surface area contributed by atoms with Crippen molar-refractivity contribution in [1.82, 2.24) is 10.3 Å². The summed E-state index contributed by atoms with van der Waals surface area (Å²) < 4.78 is 42.9. The van der Waals surface area contributed by atoms with Gasteiger partial charge in [0.25, 0.3) is 0 Å². The van der Waals surface area contributed by atoms with Crippen LogP contribution in [-0.2, 0) is 19.4 Å². The van der Waals surface area contributed by atoms with Crippen molar-refractivity contribution in [2.75, 3.05) is 11.6 Å². The van der Waals surface area contributed by atoms with E-state index in [9.17, 15) is 18.0 Å². The number of nitrogens with one attached hydrogen (secondary N) is 1. The normalized spacial score (nSPS) is 13.6. The molecule has 4 rings (SSSR count). The maximum Gasteiger partial charge on any atom is 0.394 e. The van der Waals surface area contributed by atoms with Gasteiger partial charge in [0, 0.05) is 28.4 Å². The summed E-state index contributed by atoms with van der Waals surface area (Å²) in [5.74, 6) is 0.380. The fourth-order valence-electron chi connectivity index (χ4n) is 3.38. The maximum absolute atomic E-state index is 12.4. The van der Waals surface area contributed by atoms with Crippen molar-refractivity contribution in [2.24, 2.45) is 5.10 Å². The topological polar surface area (TPSA) is 66.8 Å². The number of anilines is 1. The molecule has 0 unspecified atom stereocenters. The number of carbonyl (C=O) groups excluding carboxylic acids is 1. The molecule has 1 aliphatic heterocycles. The lowest BCUT2D eigenvalue weighted by Gasteiger charge is -2.22. The van der Waals surface area contributed by atoms with E-state index >= 15 is 0 Å². The molecular formula is C24H19Cl2F3N4O2. The highest BCUT2D eigenvalue weighted by atomic mass is 35.5. The first kappa shape index (κ1) is 24.8. The first-order valence-corrected chi connectivity index (χ1v) is 11.2. The summed E-state index contributed by atoms with van der Waals surface area (Å²) in [6.07, 6.45) is -2.05. The van der Waals surface area contributed by atoms with E-state index in [4.69, 9.17) is 27.9 Å². The van der Waals surface area contributed by atoms with E-state index in [1.807, 2.05) is 24.3 Å². The molecule has 0 saturated heterocycles. The minimum absolute atomic E-state index is 0.0634. The smallest absolute Gasteiger partial charge is 0.394 e. The number of halogens is 5. The number of amides is 2. The van der Waals surface area contributed by atoms with Gasteiger partial charge in [-0.25, -0.2) is 4.79 Å². The molecule has 0 atom stereocenters. The molecule has 1 N–H and O–H groups in total. The van der Waals surface area contributed by atoms with E-state index in [0.29, 0.717) is 40.0 Å². The third kappa shape index (κ3) is 6.64. The Morgan fingerprint density at radius 1 is 1.03 bits per heavy atom. The predicted octanol–water partition coefficient (Wildman–Crippen LogP) is 6.18. The molecule has 0 spiro atoms. The number of aromatic nitrogens is 1. The van der Waals surface area contributed by atoms with Crippen LogP contribution in [0.5, 0.6) is 5.75 Å². The van der Waals surface area contributed by atoms with Crippen molar-refractivity contribution in [3.63, 3.8) is 0 Å². The molecule has 0 saturated carbocycles. The fourth-order valence-corrected chi connectivity index (χ4v) is 3.99. The van der Waals surface area contributed by atoms with E-state index in [1.54, 1.807) is 18.3 Å². The summed E-state index contributed by atoms with van der Waals surface area (Å²) in [6, 6.07) is 13.3. The van der Waals surface area contributed by atoms with Gasteiger partial charge in [0.1, 0.15) is 12.4 Å². The second-order valence-corrected chi connectivity index (χ2v) is 8.56. The number of rotatable bonds is 7. The van der Waals surface area contributed by atoms with Crippen LogP contribution in [0.2, 0.25) is 10.0 Å². The molecule has 0 bridgehead atoms. The Bertz CT molecular complexity index is 1210. The predicted molar refractivity (Wildman–Crippen MR) is 128 cm³/mol. The second kappa shape index (κ2) is 10.5. The number of hydrazone groups is 1. The molecule has 0 radical (unpaired) electrons. The zero-order chi connectivity index (χ0) is 25.0. The SMILES string of the molecule is O=C1NCC=NN1c1cc(Cl)c(Cc2ccc(COc3ccc(CC(F)(F)F)nc3)cc2)c(Cl)c1. The number of alkyl halides is 3. The molecule has 182 valence electrons. The minimum atomic E-state index is -4.30. The van der Waals surface area contributed by atoms with E-state index in [2.05, 4.69) is 15.4 Å². The quantitative estimate of drug-likeness (QED) is 0.403. The lowest BCUT2D eigenvalue weighted by atomic mass is 10.0. The highest BCUT2D eigenvalue weighted by Gasteiger charge is 2.28. The number of benzene rings is 2. The molecule has 11 heteroatoms. The second-order valence-electron chi connectivity index (χ2n) is 7.74. The summed E-state index contributed by atoms with van der Waals surface area (Å²) >= 11 is 12.9. The van der Waals surface area contributed by atoms with Crippen LogP contribution in [0.15, 0.2) is 59.8 Å². The van der Waals surface area contributed by atoms with Crippen LogP contribution in [-0.4, -0.2) is 30.0 Å². The largest absolute Gasteiger partial charge is 0.487 e. The van der Waals surface area contributed by atoms with Gasteiger partial charge < -0.3 is 10.1 Å². The highest BCUT2D eigenvalue weighted by Crippen LogP contribution is 2.33. The summed E-state index contributed by atoms with van der Waals surface area (Å²) in [4.78, 5) is 15.8. The number of urea groups is 1. The van der Waals surface area contributed by atoms with Gasteiger partial charge in [-0.15, -0.1) is 0 Å². The monoisotopic (exact) mass is 522 g/mol. The molecule has 1 aromatic heterocycles. The van der Waals surface area contributed by atoms with Gasteiger partial charge in [0.05, 0.1) is 24.8 Å². The first-order chi connectivity index (χ1) is 16.7. The minimum Gasteiger partial charge on any atom is -0.487 e. The molecule has 2 heterocycles. The Kier molecular flexibility index (Phi) is 7.47. The summed E-state index contributed by atoms with van der Waals surface area (Å²) in [5, 5.41) is 8.74. The Balaban J connectivity index is 1.37. The first-order valence-electron chi connectivity index (χ1n) is 10.5. The van der Waals surface area contributed by atoms with Gasteiger partial charge >= 0.3 is 12.2 Å². The fraction of sp³-hybridized carbons (Fsp3) is 0.208. The van der Waals surface area contributed by atoms with Crippen molar-refractivity contribution in [1.29, 1.82) is 0 Å². The summed E-state index contributed by atoms with van der Waals surface area (Å²) in [7, 11) is 0. The summed E-state index contributed by atoms with van der Waals surface area (Å²) in [5.41, 5.74) is 2.94. The summed E-state index contributed by atoms with van der Waals surface area (Å²) in [6.45, 7) is 0.594. The Morgan fingerprint density at radius 3 is 2.31 bits per heavy atom. The number of pyridine rings is 1. The number of ether oxygens (including phenoxy) is 1. The van der Waals surface area contributed by atoms with E-state index in [-0.39, 0.29) is 18.3 Å². The average Bonchev–Trinajstić information content (AvgIpc) is 2.81. The third-order valence-corrected chi connectivity index (χ3v) is 5.77. The van der Waals surface area contributed by atoms with E-state index < -0.39 is 12.6 Å². The number of hydrogen-bond donors (Lipinski definition) is 1. The van der Waals surface area contributed by atoms with Crippen LogP contribution < -0.4 is 15.1 Å². The van der Waals surface area contributed by atoms with Crippen molar-refractivity contribution >= 4 is 41.1 Å². The Labute approximate surface area is 209 Å². The third-order valence-electron chi connectivity index (χ3n) is 5.09. The molecule has 0 aliphatic carbocycles. The van der Waals surface area contributed by atoms with E-state index in [0.717, 1.165) is 11.1 Å². The average molecular weight is 523 g/mol. The zero-order valence-electron chi connectivity index (χ0n) is 18.1. The van der Waals surface area contributed by atoms with Crippen LogP contribution in [0.3, 0.4) is 0 Å². The van der Waals surface area contributed by atoms with Gasteiger partial charge in [-0.3, -0.25) is 4.98 Å². The number of carbonyl (C=O) groups is 1. The van der Waals surface area contributed by atoms with Crippen LogP contribution in [0, 0.1) is 0 Å². The lowest BCUT2D eigenvalue weighted by molar-refractivity contribution is -0.127. The van der Waals surface area contributed by atoms with Gasteiger partial charge in [-0.1, -0.05) is 47.5 Å². The standard InChI is InChI=1S/C24H19Cl2F3N4O2/c25-21-10-18(33-23(34)30-7-8-32-33)11-22(26)20(21)9-15-1-3-16(4-2-15)14-35-19-6-5-17(31-13-19)12-24(27,28)29/h1-6,8,10-11,13H,7,9,12,14H2,(H,30,34). The molecule has 1 aliphatic rings. The van der Waals surface area contributed by atoms with Gasteiger partial charge in [0.15, 0.2) is 0 Å². The molecule has 2 aromatic carbocycles. The van der Waals surface area contributed by atoms with E-state index in [1.165, 1.54) is 23.3 Å². The number of nitrogens with zero attached hydrogens (tertiary/aromatic N) is 3. The molecule has 2 amide bonds. The molecule has 3 aromatic rings. The number of hydrogen-bond acceptors (Lipinski definition) is 4. The van der Waals surface area contributed by atoms with Crippen molar-refractivity contribution < 1.29 is 22.7 Å². The lowest BCUT2D eigenvalue weighted by Crippen LogP contribution is -2.41. The Morgan fingerprint density at radius 2 is 1.71 bits per heavy atom. The van der Waals surface area contributed by atoms with Gasteiger partial charge in [-0.2, -0.15) is 23.3 Å². The molecular weight excluding hydrogens is 504 g/mol. The van der Waals surface area contributed by atoms with Crippen molar-refractivity contribution in [3.8, 4) is 5.75 Å². The van der Waals surface area contributed by atoms with Gasteiger partial charge in [-0.05, 0) is 41.0 Å². The van der Waals surface area contributed by atoms with Crippen LogP contribution in [0.1, 0.15) is 22.4 Å². The van der Waals surface area contributed by atoms with Crippen LogP contribution in [0.25, 0.3) is 0 Å². The zero-order valence-corrected chi connectivity index (χ0v) is 19.7. The maximum atomic E-state index is 12.4. The van der Waals surface area contributed by atoms with Gasteiger partial charge in [0.2, 0.25) is 0 Å². The highest BCUT2D eigenvalue weighted by molar-refractivity contribution is 6.36. The van der Waals surface area contributed by atoms with Crippen molar-refractivity contribution in [3.05, 3.63) is 87.2 Å². The van der Waals surface area contributed by atoms with Crippen LogP contribution >= 0.6 is 23.2 Å². The van der Waals surface area contributed by atoms with Crippen LogP contribution in [0.4, 0.5) is 23.7 Å². The molecule has 35 heavy (non-hydrogen) atoms. The molecule has 0 fully saturated rings. The Hall–Kier alpha value is -3.30. The van der Waals surface area contributed by atoms with Crippen molar-refractivity contribution in [2.45, 2.75) is 25.6 Å².